The molecule has 0 radical (unpaired) electrons. The Morgan fingerprint density at radius 2 is 1.81 bits per heavy atom. The van der Waals surface area contributed by atoms with Gasteiger partial charge in [0, 0.05) is 6.54 Å². The van der Waals surface area contributed by atoms with Gasteiger partial charge in [0.15, 0.2) is 0 Å². The van der Waals surface area contributed by atoms with E-state index in [1.165, 1.54) is 64.3 Å². The highest BCUT2D eigenvalue weighted by atomic mass is 14.8. The van der Waals surface area contributed by atoms with E-state index < -0.39 is 0 Å². The Balaban J connectivity index is 1.81. The zero-order chi connectivity index (χ0) is 11.4. The fraction of sp³-hybridized carbons (Fsp3) is 1.00. The average Bonchev–Trinajstić information content (AvgIpc) is 3.13. The number of hydrogen-bond donors (Lipinski definition) is 1. The molecule has 0 spiro atoms. The molecule has 2 aliphatic carbocycles. The molecule has 0 atom stereocenters. The molecule has 2 fully saturated rings. The molecule has 0 amide bonds. The molecule has 0 heterocycles. The van der Waals surface area contributed by atoms with Crippen LogP contribution in [0, 0.1) is 17.3 Å². The SMILES string of the molecule is CCCCC1CCC(CNC)(C2CC2)CC1. The standard InChI is InChI=1S/C15H29N/c1-3-4-5-13-8-10-15(11-9-13,12-16-2)14-6-7-14/h13-14,16H,3-12H2,1-2H3. The molecule has 2 aliphatic rings. The highest BCUT2D eigenvalue weighted by Gasteiger charge is 2.46. The maximum atomic E-state index is 3.46. The largest absolute Gasteiger partial charge is 0.319 e. The predicted molar refractivity (Wildman–Crippen MR) is 70.6 cm³/mol. The molecule has 94 valence electrons. The number of nitrogens with one attached hydrogen (secondary N) is 1. The van der Waals surface area contributed by atoms with Crippen molar-refractivity contribution in [1.82, 2.24) is 5.32 Å². The Morgan fingerprint density at radius 3 is 2.31 bits per heavy atom. The van der Waals surface area contributed by atoms with Gasteiger partial charge in [-0.2, -0.15) is 0 Å². The van der Waals surface area contributed by atoms with Crippen LogP contribution in [0.25, 0.3) is 0 Å². The molecule has 0 bridgehead atoms. The Bertz CT molecular complexity index is 199. The van der Waals surface area contributed by atoms with E-state index in [0.29, 0.717) is 5.41 Å². The van der Waals surface area contributed by atoms with Crippen molar-refractivity contribution in [2.75, 3.05) is 13.6 Å². The summed E-state index contributed by atoms with van der Waals surface area (Å²) in [6.45, 7) is 3.59. The molecule has 1 nitrogen and oxygen atoms in total. The number of hydrogen-bond acceptors (Lipinski definition) is 1. The third kappa shape index (κ3) is 2.80. The van der Waals surface area contributed by atoms with E-state index in [2.05, 4.69) is 19.3 Å². The van der Waals surface area contributed by atoms with Crippen molar-refractivity contribution in [3.8, 4) is 0 Å². The highest BCUT2D eigenvalue weighted by Crippen LogP contribution is 2.54. The van der Waals surface area contributed by atoms with E-state index in [4.69, 9.17) is 0 Å². The van der Waals surface area contributed by atoms with Gasteiger partial charge in [-0.3, -0.25) is 0 Å². The molecular weight excluding hydrogens is 194 g/mol. The van der Waals surface area contributed by atoms with Crippen LogP contribution >= 0.6 is 0 Å². The minimum atomic E-state index is 0.706. The molecule has 1 heteroatoms. The van der Waals surface area contributed by atoms with Gasteiger partial charge >= 0.3 is 0 Å². The molecule has 2 rings (SSSR count). The Morgan fingerprint density at radius 1 is 1.12 bits per heavy atom. The van der Waals surface area contributed by atoms with Crippen LogP contribution in [0.1, 0.15) is 64.7 Å². The normalized spacial score (nSPS) is 35.2. The first kappa shape index (κ1) is 12.4. The van der Waals surface area contributed by atoms with Gasteiger partial charge in [0.25, 0.3) is 0 Å². The van der Waals surface area contributed by atoms with Gasteiger partial charge < -0.3 is 5.32 Å². The van der Waals surface area contributed by atoms with Gasteiger partial charge in [-0.05, 0) is 62.8 Å². The minimum Gasteiger partial charge on any atom is -0.319 e. The Hall–Kier alpha value is -0.0400. The maximum absolute atomic E-state index is 3.46. The average molecular weight is 223 g/mol. The molecule has 0 saturated heterocycles. The van der Waals surface area contributed by atoms with Crippen molar-refractivity contribution in [2.45, 2.75) is 64.7 Å². The zero-order valence-electron chi connectivity index (χ0n) is 11.2. The van der Waals surface area contributed by atoms with E-state index in [1.54, 1.807) is 0 Å². The number of rotatable bonds is 6. The van der Waals surface area contributed by atoms with Crippen LogP contribution in [0.2, 0.25) is 0 Å². The molecule has 0 aromatic heterocycles. The topological polar surface area (TPSA) is 12.0 Å². The monoisotopic (exact) mass is 223 g/mol. The Kier molecular flexibility index (Phi) is 4.29. The second kappa shape index (κ2) is 5.53. The van der Waals surface area contributed by atoms with Crippen molar-refractivity contribution < 1.29 is 0 Å². The fourth-order valence-electron chi connectivity index (χ4n) is 3.81. The summed E-state index contributed by atoms with van der Waals surface area (Å²) < 4.78 is 0. The summed E-state index contributed by atoms with van der Waals surface area (Å²) in [7, 11) is 2.13. The van der Waals surface area contributed by atoms with Crippen molar-refractivity contribution in [3.05, 3.63) is 0 Å². The first-order valence-corrected chi connectivity index (χ1v) is 7.45. The van der Waals surface area contributed by atoms with E-state index in [-0.39, 0.29) is 0 Å². The van der Waals surface area contributed by atoms with E-state index in [9.17, 15) is 0 Å². The lowest BCUT2D eigenvalue weighted by Crippen LogP contribution is -2.38. The van der Waals surface area contributed by atoms with Gasteiger partial charge in [0.1, 0.15) is 0 Å². The van der Waals surface area contributed by atoms with Gasteiger partial charge in [-0.15, -0.1) is 0 Å². The first-order valence-electron chi connectivity index (χ1n) is 7.45. The van der Waals surface area contributed by atoms with Crippen LogP contribution in [0.4, 0.5) is 0 Å². The Labute approximate surface area is 101 Å². The lowest BCUT2D eigenvalue weighted by atomic mass is 9.66. The second-order valence-electron chi connectivity index (χ2n) is 6.25. The molecule has 0 aromatic rings. The van der Waals surface area contributed by atoms with Gasteiger partial charge in [-0.1, -0.05) is 26.2 Å². The van der Waals surface area contributed by atoms with Crippen LogP contribution in [-0.4, -0.2) is 13.6 Å². The predicted octanol–water partition coefficient (Wildman–Crippen LogP) is 3.98. The molecular formula is C15H29N. The summed E-state index contributed by atoms with van der Waals surface area (Å²) in [6.07, 6.45) is 13.4. The minimum absolute atomic E-state index is 0.706. The summed E-state index contributed by atoms with van der Waals surface area (Å²) in [6, 6.07) is 0. The lowest BCUT2D eigenvalue weighted by molar-refractivity contribution is 0.116. The summed E-state index contributed by atoms with van der Waals surface area (Å²) in [5, 5.41) is 3.46. The quantitative estimate of drug-likeness (QED) is 0.718. The lowest BCUT2D eigenvalue weighted by Gasteiger charge is -2.41. The van der Waals surface area contributed by atoms with Crippen molar-refractivity contribution in [1.29, 1.82) is 0 Å². The summed E-state index contributed by atoms with van der Waals surface area (Å²) in [5.74, 6) is 2.13. The zero-order valence-corrected chi connectivity index (χ0v) is 11.2. The van der Waals surface area contributed by atoms with Gasteiger partial charge in [0.2, 0.25) is 0 Å². The van der Waals surface area contributed by atoms with Crippen LogP contribution < -0.4 is 5.32 Å². The molecule has 0 aromatic carbocycles. The smallest absolute Gasteiger partial charge is 0.000746 e. The van der Waals surface area contributed by atoms with E-state index in [0.717, 1.165) is 11.8 Å². The van der Waals surface area contributed by atoms with Crippen LogP contribution in [-0.2, 0) is 0 Å². The number of unbranched alkanes of at least 4 members (excludes halogenated alkanes) is 1. The highest BCUT2D eigenvalue weighted by molar-refractivity contribution is 4.97. The summed E-state index contributed by atoms with van der Waals surface area (Å²) >= 11 is 0. The molecule has 16 heavy (non-hydrogen) atoms. The summed E-state index contributed by atoms with van der Waals surface area (Å²) in [4.78, 5) is 0. The van der Waals surface area contributed by atoms with Gasteiger partial charge in [0.05, 0.1) is 0 Å². The fourth-order valence-corrected chi connectivity index (χ4v) is 3.81. The van der Waals surface area contributed by atoms with Crippen LogP contribution in [0.5, 0.6) is 0 Å². The van der Waals surface area contributed by atoms with Crippen molar-refractivity contribution >= 4 is 0 Å². The van der Waals surface area contributed by atoms with Crippen molar-refractivity contribution in [2.24, 2.45) is 17.3 Å². The van der Waals surface area contributed by atoms with E-state index >= 15 is 0 Å². The molecule has 2 saturated carbocycles. The molecule has 0 aliphatic heterocycles. The third-order valence-corrected chi connectivity index (χ3v) is 5.04. The first-order chi connectivity index (χ1) is 7.80. The van der Waals surface area contributed by atoms with E-state index in [1.807, 2.05) is 0 Å². The van der Waals surface area contributed by atoms with Crippen LogP contribution in [0.15, 0.2) is 0 Å². The second-order valence-corrected chi connectivity index (χ2v) is 6.25. The maximum Gasteiger partial charge on any atom is 0.000746 e. The van der Waals surface area contributed by atoms with Gasteiger partial charge in [-0.25, -0.2) is 0 Å². The third-order valence-electron chi connectivity index (χ3n) is 5.04. The molecule has 1 N–H and O–H groups in total. The van der Waals surface area contributed by atoms with Crippen molar-refractivity contribution in [3.63, 3.8) is 0 Å². The molecule has 0 unspecified atom stereocenters. The summed E-state index contributed by atoms with van der Waals surface area (Å²) in [5.41, 5.74) is 0.706. The van der Waals surface area contributed by atoms with Crippen LogP contribution in [0.3, 0.4) is 0 Å².